The van der Waals surface area contributed by atoms with E-state index in [2.05, 4.69) is 10.2 Å². The first-order chi connectivity index (χ1) is 23.1. The molecule has 1 N–H and O–H groups in total. The molecule has 0 bridgehead atoms. The molecule has 2 amide bonds. The number of ether oxygens (including phenoxy) is 3. The Morgan fingerprint density at radius 1 is 0.771 bits per heavy atom. The minimum Gasteiger partial charge on any atom is -0.469 e. The first-order valence-electron chi connectivity index (χ1n) is 16.6. The van der Waals surface area contributed by atoms with Gasteiger partial charge in [-0.3, -0.25) is 24.2 Å². The Morgan fingerprint density at radius 2 is 1.35 bits per heavy atom. The second kappa shape index (κ2) is 16.2. The maximum atomic E-state index is 13.9. The molecular weight excluding hydrogens is 616 g/mol. The van der Waals surface area contributed by atoms with Gasteiger partial charge in [0.2, 0.25) is 11.8 Å². The molecule has 4 rings (SSSR count). The molecule has 2 unspecified atom stereocenters. The van der Waals surface area contributed by atoms with Gasteiger partial charge in [-0.2, -0.15) is 0 Å². The van der Waals surface area contributed by atoms with Crippen molar-refractivity contribution in [2.75, 3.05) is 63.9 Å². The third-order valence-corrected chi connectivity index (χ3v) is 9.75. The van der Waals surface area contributed by atoms with E-state index in [9.17, 15) is 24.0 Å². The SMILES string of the molecule is CCC(=O)N(c1ccc(C2CNCCC2(C(=O)OC)N(C(=O)CC)c2ccccc2)cc1)C1(C(=O)OC)CCN(CCC(=O)OC)CC1. The second-order valence-electron chi connectivity index (χ2n) is 12.2. The van der Waals surface area contributed by atoms with Gasteiger partial charge in [0.05, 0.1) is 27.8 Å². The van der Waals surface area contributed by atoms with Crippen molar-refractivity contribution in [3.8, 4) is 0 Å². The van der Waals surface area contributed by atoms with E-state index in [1.807, 2.05) is 42.5 Å². The maximum absolute atomic E-state index is 13.9. The smallest absolute Gasteiger partial charge is 0.332 e. The van der Waals surface area contributed by atoms with Crippen LogP contribution in [0.2, 0.25) is 0 Å². The van der Waals surface area contributed by atoms with Crippen LogP contribution in [0.5, 0.6) is 0 Å². The Morgan fingerprint density at radius 3 is 1.92 bits per heavy atom. The minimum atomic E-state index is -1.33. The summed E-state index contributed by atoms with van der Waals surface area (Å²) in [5.41, 5.74) is -0.675. The number of piperidine rings is 2. The van der Waals surface area contributed by atoms with Gasteiger partial charge < -0.3 is 24.4 Å². The Balaban J connectivity index is 1.75. The summed E-state index contributed by atoms with van der Waals surface area (Å²) in [7, 11) is 4.02. The van der Waals surface area contributed by atoms with Gasteiger partial charge in [0.25, 0.3) is 0 Å². The highest BCUT2D eigenvalue weighted by molar-refractivity contribution is 6.03. The van der Waals surface area contributed by atoms with E-state index >= 15 is 0 Å². The van der Waals surface area contributed by atoms with Gasteiger partial charge in [0.15, 0.2) is 5.54 Å². The number of nitrogens with one attached hydrogen (secondary N) is 1. The lowest BCUT2D eigenvalue weighted by atomic mass is 9.72. The van der Waals surface area contributed by atoms with Crippen LogP contribution in [-0.4, -0.2) is 99.8 Å². The number of carbonyl (C=O) groups excluding carboxylic acids is 5. The molecule has 260 valence electrons. The highest BCUT2D eigenvalue weighted by Gasteiger charge is 2.55. The number of esters is 3. The van der Waals surface area contributed by atoms with Gasteiger partial charge in [0.1, 0.15) is 5.54 Å². The number of likely N-dealkylation sites (tertiary alicyclic amines) is 1. The van der Waals surface area contributed by atoms with E-state index in [0.29, 0.717) is 63.4 Å². The molecule has 0 radical (unpaired) electrons. The van der Waals surface area contributed by atoms with Crippen molar-refractivity contribution in [3.05, 3.63) is 60.2 Å². The second-order valence-corrected chi connectivity index (χ2v) is 12.2. The number of hydrogen-bond acceptors (Lipinski definition) is 10. The Hall–Kier alpha value is -4.29. The van der Waals surface area contributed by atoms with Crippen molar-refractivity contribution in [2.24, 2.45) is 0 Å². The number of carbonyl (C=O) groups is 5. The third-order valence-electron chi connectivity index (χ3n) is 9.75. The number of methoxy groups -OCH3 is 3. The summed E-state index contributed by atoms with van der Waals surface area (Å²) >= 11 is 0. The van der Waals surface area contributed by atoms with E-state index in [4.69, 9.17) is 14.2 Å². The van der Waals surface area contributed by atoms with Crippen LogP contribution in [-0.2, 0) is 38.2 Å². The Kier molecular flexibility index (Phi) is 12.3. The summed E-state index contributed by atoms with van der Waals surface area (Å²) in [4.78, 5) is 71.8. The number of hydrogen-bond donors (Lipinski definition) is 1. The lowest BCUT2D eigenvalue weighted by Crippen LogP contribution is -2.66. The normalized spacial score (nSPS) is 20.6. The van der Waals surface area contributed by atoms with Crippen LogP contribution in [0.25, 0.3) is 0 Å². The summed E-state index contributed by atoms with van der Waals surface area (Å²) in [6.07, 6.45) is 1.54. The molecule has 12 nitrogen and oxygen atoms in total. The average molecular weight is 665 g/mol. The van der Waals surface area contributed by atoms with Crippen molar-refractivity contribution >= 4 is 41.1 Å². The molecule has 0 aliphatic carbocycles. The lowest BCUT2D eigenvalue weighted by Gasteiger charge is -2.49. The molecule has 2 aliphatic heterocycles. The minimum absolute atomic E-state index is 0.162. The summed E-state index contributed by atoms with van der Waals surface area (Å²) in [6.45, 7) is 5.87. The maximum Gasteiger partial charge on any atom is 0.332 e. The van der Waals surface area contributed by atoms with Gasteiger partial charge >= 0.3 is 17.9 Å². The summed E-state index contributed by atoms with van der Waals surface area (Å²) < 4.78 is 15.5. The monoisotopic (exact) mass is 664 g/mol. The number of para-hydroxylation sites is 1. The third kappa shape index (κ3) is 7.09. The van der Waals surface area contributed by atoms with Gasteiger partial charge in [-0.05, 0) is 55.6 Å². The van der Waals surface area contributed by atoms with Crippen molar-refractivity contribution < 1.29 is 38.2 Å². The Labute approximate surface area is 282 Å². The van der Waals surface area contributed by atoms with Crippen LogP contribution in [0, 0.1) is 0 Å². The highest BCUT2D eigenvalue weighted by atomic mass is 16.5. The largest absolute Gasteiger partial charge is 0.469 e. The zero-order valence-electron chi connectivity index (χ0n) is 28.7. The van der Waals surface area contributed by atoms with E-state index < -0.39 is 28.9 Å². The van der Waals surface area contributed by atoms with Crippen molar-refractivity contribution in [1.82, 2.24) is 10.2 Å². The number of anilines is 2. The van der Waals surface area contributed by atoms with Gasteiger partial charge in [-0.25, -0.2) is 9.59 Å². The molecular formula is C36H48N4O8. The molecule has 2 saturated heterocycles. The fraction of sp³-hybridized carbons (Fsp3) is 0.528. The molecule has 0 spiro atoms. The van der Waals surface area contributed by atoms with Crippen LogP contribution in [0.15, 0.2) is 54.6 Å². The first-order valence-corrected chi connectivity index (χ1v) is 16.6. The quantitative estimate of drug-likeness (QED) is 0.266. The van der Waals surface area contributed by atoms with Crippen molar-refractivity contribution in [1.29, 1.82) is 0 Å². The molecule has 48 heavy (non-hydrogen) atoms. The number of rotatable bonds is 12. The molecule has 2 fully saturated rings. The van der Waals surface area contributed by atoms with E-state index in [1.54, 1.807) is 35.8 Å². The molecule has 0 saturated carbocycles. The predicted molar refractivity (Wildman–Crippen MR) is 180 cm³/mol. The zero-order chi connectivity index (χ0) is 34.9. The Bertz CT molecular complexity index is 1440. The lowest BCUT2D eigenvalue weighted by molar-refractivity contribution is -0.151. The summed E-state index contributed by atoms with van der Waals surface area (Å²) in [5, 5.41) is 3.40. The predicted octanol–water partition coefficient (Wildman–Crippen LogP) is 3.43. The molecule has 12 heteroatoms. The standard InChI is InChI=1S/C36H48N4O8/c1-6-30(41)39(35(33(44)47-4)19-23-38(24-20-35)22-17-32(43)46-3)28-15-13-26(14-16-28)29-25-37-21-18-36(29,34(45)48-5)40(31(42)7-2)27-11-9-8-10-12-27/h8-16,29,37H,6-7,17-25H2,1-5H3. The fourth-order valence-corrected chi connectivity index (χ4v) is 7.22. The van der Waals surface area contributed by atoms with Gasteiger partial charge in [-0.1, -0.05) is 44.2 Å². The molecule has 2 aromatic carbocycles. The summed E-state index contributed by atoms with van der Waals surface area (Å²) in [5.74, 6) is -2.24. The molecule has 2 aliphatic rings. The van der Waals surface area contributed by atoms with E-state index in [1.165, 1.54) is 21.3 Å². The zero-order valence-corrected chi connectivity index (χ0v) is 28.7. The van der Waals surface area contributed by atoms with E-state index in [0.717, 1.165) is 5.56 Å². The molecule has 2 aromatic rings. The molecule has 2 atom stereocenters. The number of amides is 2. The van der Waals surface area contributed by atoms with Gasteiger partial charge in [0, 0.05) is 56.3 Å². The molecule has 0 aromatic heterocycles. The first kappa shape index (κ1) is 36.5. The van der Waals surface area contributed by atoms with Crippen LogP contribution in [0.3, 0.4) is 0 Å². The highest BCUT2D eigenvalue weighted by Crippen LogP contribution is 2.43. The number of nitrogens with zero attached hydrogens (tertiary/aromatic N) is 3. The van der Waals surface area contributed by atoms with E-state index in [-0.39, 0.29) is 37.0 Å². The van der Waals surface area contributed by atoms with Gasteiger partial charge in [-0.15, -0.1) is 0 Å². The van der Waals surface area contributed by atoms with Crippen molar-refractivity contribution in [3.63, 3.8) is 0 Å². The van der Waals surface area contributed by atoms with Crippen molar-refractivity contribution in [2.45, 2.75) is 69.4 Å². The number of benzene rings is 2. The van der Waals surface area contributed by atoms with Crippen LogP contribution < -0.4 is 15.1 Å². The topological polar surface area (TPSA) is 135 Å². The average Bonchev–Trinajstić information content (AvgIpc) is 3.14. The van der Waals surface area contributed by atoms with Crippen LogP contribution >= 0.6 is 0 Å². The molecule has 2 heterocycles. The fourth-order valence-electron chi connectivity index (χ4n) is 7.22. The van der Waals surface area contributed by atoms with Crippen LogP contribution in [0.4, 0.5) is 11.4 Å². The van der Waals surface area contributed by atoms with Crippen LogP contribution in [0.1, 0.15) is 63.9 Å². The summed E-state index contributed by atoms with van der Waals surface area (Å²) in [6, 6.07) is 16.5.